The van der Waals surface area contributed by atoms with Gasteiger partial charge in [-0.05, 0) is 30.2 Å². The lowest BCUT2D eigenvalue weighted by Crippen LogP contribution is -2.11. The lowest BCUT2D eigenvalue weighted by molar-refractivity contribution is -0.141. The molecule has 20 heavy (non-hydrogen) atoms. The number of nitrogens with zero attached hydrogens (tertiary/aromatic N) is 3. The predicted octanol–water partition coefficient (Wildman–Crippen LogP) is 3.46. The fraction of sp³-hybridized carbons (Fsp3) is 0.250. The Morgan fingerprint density at radius 3 is 2.70 bits per heavy atom. The Kier molecular flexibility index (Phi) is 4.08. The van der Waals surface area contributed by atoms with Crippen molar-refractivity contribution < 1.29 is 13.2 Å². The molecule has 0 spiro atoms. The maximum absolute atomic E-state index is 12.6. The molecule has 0 saturated carbocycles. The largest absolute Gasteiger partial charge is 0.433 e. The Morgan fingerprint density at radius 2 is 2.05 bits per heavy atom. The molecule has 0 bridgehead atoms. The van der Waals surface area contributed by atoms with Crippen LogP contribution in [0.4, 0.5) is 19.0 Å². The monoisotopic (exact) mass is 302 g/mol. The number of hydrogen-bond acceptors (Lipinski definition) is 4. The number of halogens is 4. The molecule has 0 aliphatic carbocycles. The van der Waals surface area contributed by atoms with Gasteiger partial charge in [-0.3, -0.25) is 4.98 Å². The van der Waals surface area contributed by atoms with Crippen LogP contribution in [-0.2, 0) is 12.7 Å². The van der Waals surface area contributed by atoms with Gasteiger partial charge in [-0.1, -0.05) is 6.07 Å². The summed E-state index contributed by atoms with van der Waals surface area (Å²) in [6, 6.07) is 4.45. The molecular weight excluding hydrogens is 293 g/mol. The summed E-state index contributed by atoms with van der Waals surface area (Å²) < 4.78 is 37.8. The molecule has 0 aliphatic rings. The predicted molar refractivity (Wildman–Crippen MR) is 68.3 cm³/mol. The van der Waals surface area contributed by atoms with Crippen molar-refractivity contribution in [3.05, 3.63) is 46.6 Å². The average molecular weight is 303 g/mol. The molecule has 2 heterocycles. The summed E-state index contributed by atoms with van der Waals surface area (Å²) in [5, 5.41) is 2.30. The number of alkyl halides is 3. The molecule has 1 N–H and O–H groups in total. The van der Waals surface area contributed by atoms with E-state index in [9.17, 15) is 13.2 Å². The van der Waals surface area contributed by atoms with Crippen LogP contribution in [0.3, 0.4) is 0 Å². The molecule has 0 atom stereocenters. The molecule has 8 heteroatoms. The maximum Gasteiger partial charge on any atom is 0.433 e. The molecule has 0 unspecified atom stereocenters. The van der Waals surface area contributed by atoms with Crippen molar-refractivity contribution in [1.29, 1.82) is 0 Å². The fourth-order valence-electron chi connectivity index (χ4n) is 1.53. The molecule has 0 radical (unpaired) electrons. The van der Waals surface area contributed by atoms with E-state index in [0.29, 0.717) is 0 Å². The van der Waals surface area contributed by atoms with Crippen molar-refractivity contribution in [3.8, 4) is 0 Å². The standard InChI is InChI=1S/C12H10ClF3N4/c1-7-3-2-4-17-8(7)6-18-10-5-9(12(14,15)16)19-11(13)20-10/h2-5H,6H2,1H3,(H,18,19,20). The highest BCUT2D eigenvalue weighted by Gasteiger charge is 2.33. The zero-order valence-electron chi connectivity index (χ0n) is 10.4. The number of aromatic nitrogens is 3. The molecule has 0 amide bonds. The van der Waals surface area contributed by atoms with E-state index in [2.05, 4.69) is 20.3 Å². The van der Waals surface area contributed by atoms with E-state index >= 15 is 0 Å². The first-order valence-electron chi connectivity index (χ1n) is 5.62. The van der Waals surface area contributed by atoms with Crippen molar-refractivity contribution in [2.24, 2.45) is 0 Å². The molecule has 2 aromatic heterocycles. The van der Waals surface area contributed by atoms with Crippen LogP contribution in [0, 0.1) is 6.92 Å². The zero-order chi connectivity index (χ0) is 14.8. The van der Waals surface area contributed by atoms with Gasteiger partial charge in [0.15, 0.2) is 5.69 Å². The molecule has 0 aromatic carbocycles. The molecular formula is C12H10ClF3N4. The third-order valence-electron chi connectivity index (χ3n) is 2.54. The summed E-state index contributed by atoms with van der Waals surface area (Å²) in [6.07, 6.45) is -2.96. The molecule has 4 nitrogen and oxygen atoms in total. The summed E-state index contributed by atoms with van der Waals surface area (Å²) in [7, 11) is 0. The third-order valence-corrected chi connectivity index (χ3v) is 2.71. The molecule has 106 valence electrons. The van der Waals surface area contributed by atoms with E-state index in [0.717, 1.165) is 17.3 Å². The summed E-state index contributed by atoms with van der Waals surface area (Å²) in [4.78, 5) is 11.0. The number of aryl methyl sites for hydroxylation is 1. The van der Waals surface area contributed by atoms with E-state index in [1.807, 2.05) is 13.0 Å². The summed E-state index contributed by atoms with van der Waals surface area (Å²) in [6.45, 7) is 2.11. The second kappa shape index (κ2) is 5.62. The number of pyridine rings is 1. The Balaban J connectivity index is 2.18. The second-order valence-electron chi connectivity index (χ2n) is 4.03. The molecule has 2 rings (SSSR count). The lowest BCUT2D eigenvalue weighted by atomic mass is 10.2. The summed E-state index contributed by atoms with van der Waals surface area (Å²) in [5.74, 6) is 0.00220. The van der Waals surface area contributed by atoms with Gasteiger partial charge in [0.2, 0.25) is 5.28 Å². The summed E-state index contributed by atoms with van der Waals surface area (Å²) in [5.41, 5.74) is 0.560. The highest BCUT2D eigenvalue weighted by Crippen LogP contribution is 2.29. The van der Waals surface area contributed by atoms with Gasteiger partial charge in [0, 0.05) is 12.3 Å². The van der Waals surface area contributed by atoms with Crippen molar-refractivity contribution in [1.82, 2.24) is 15.0 Å². The molecule has 0 aliphatic heterocycles. The molecule has 2 aromatic rings. The van der Waals surface area contributed by atoms with Gasteiger partial charge >= 0.3 is 6.18 Å². The topological polar surface area (TPSA) is 50.7 Å². The fourth-order valence-corrected chi connectivity index (χ4v) is 1.71. The van der Waals surface area contributed by atoms with Crippen LogP contribution in [0.15, 0.2) is 24.4 Å². The SMILES string of the molecule is Cc1cccnc1CNc1cc(C(F)(F)F)nc(Cl)n1. The minimum absolute atomic E-state index is 0.00220. The van der Waals surface area contributed by atoms with Gasteiger partial charge in [-0.15, -0.1) is 0 Å². The molecule has 0 fully saturated rings. The Hall–Kier alpha value is -1.89. The lowest BCUT2D eigenvalue weighted by Gasteiger charge is -2.10. The van der Waals surface area contributed by atoms with Gasteiger partial charge < -0.3 is 5.32 Å². The average Bonchev–Trinajstić information content (AvgIpc) is 2.36. The van der Waals surface area contributed by atoms with E-state index in [4.69, 9.17) is 11.6 Å². The first-order chi connectivity index (χ1) is 9.36. The summed E-state index contributed by atoms with van der Waals surface area (Å²) >= 11 is 5.49. The van der Waals surface area contributed by atoms with Gasteiger partial charge in [0.05, 0.1) is 12.2 Å². The van der Waals surface area contributed by atoms with Crippen molar-refractivity contribution in [2.45, 2.75) is 19.6 Å². The normalized spacial score (nSPS) is 11.4. The van der Waals surface area contributed by atoms with E-state index in [1.54, 1.807) is 12.3 Å². The van der Waals surface area contributed by atoms with Crippen molar-refractivity contribution in [3.63, 3.8) is 0 Å². The first-order valence-corrected chi connectivity index (χ1v) is 6.00. The Labute approximate surface area is 118 Å². The van der Waals surface area contributed by atoms with Crippen LogP contribution in [0.5, 0.6) is 0 Å². The van der Waals surface area contributed by atoms with Crippen LogP contribution in [-0.4, -0.2) is 15.0 Å². The third kappa shape index (κ3) is 3.57. The van der Waals surface area contributed by atoms with Crippen molar-refractivity contribution >= 4 is 17.4 Å². The quantitative estimate of drug-likeness (QED) is 0.882. The zero-order valence-corrected chi connectivity index (χ0v) is 11.1. The smallest absolute Gasteiger partial charge is 0.364 e. The Bertz CT molecular complexity index is 616. The van der Waals surface area contributed by atoms with E-state index in [-0.39, 0.29) is 12.4 Å². The number of hydrogen-bond donors (Lipinski definition) is 1. The van der Waals surface area contributed by atoms with Crippen LogP contribution in [0.25, 0.3) is 0 Å². The highest BCUT2D eigenvalue weighted by atomic mass is 35.5. The first kappa shape index (κ1) is 14.5. The second-order valence-corrected chi connectivity index (χ2v) is 4.36. The van der Waals surface area contributed by atoms with Crippen LogP contribution in [0.1, 0.15) is 17.0 Å². The number of nitrogens with one attached hydrogen (secondary N) is 1. The molecule has 0 saturated heterocycles. The number of anilines is 1. The van der Waals surface area contributed by atoms with Gasteiger partial charge in [-0.25, -0.2) is 9.97 Å². The van der Waals surface area contributed by atoms with Crippen LogP contribution < -0.4 is 5.32 Å². The van der Waals surface area contributed by atoms with Gasteiger partial charge in [0.1, 0.15) is 5.82 Å². The maximum atomic E-state index is 12.6. The number of rotatable bonds is 3. The highest BCUT2D eigenvalue weighted by molar-refractivity contribution is 6.28. The minimum atomic E-state index is -4.57. The van der Waals surface area contributed by atoms with E-state index < -0.39 is 17.2 Å². The van der Waals surface area contributed by atoms with Crippen LogP contribution in [0.2, 0.25) is 5.28 Å². The van der Waals surface area contributed by atoms with Crippen LogP contribution >= 0.6 is 11.6 Å². The van der Waals surface area contributed by atoms with E-state index in [1.165, 1.54) is 0 Å². The van der Waals surface area contributed by atoms with Gasteiger partial charge in [0.25, 0.3) is 0 Å². The van der Waals surface area contributed by atoms with Crippen molar-refractivity contribution in [2.75, 3.05) is 5.32 Å². The Morgan fingerprint density at radius 1 is 1.30 bits per heavy atom. The minimum Gasteiger partial charge on any atom is -0.364 e. The van der Waals surface area contributed by atoms with Gasteiger partial charge in [-0.2, -0.15) is 13.2 Å².